The van der Waals surface area contributed by atoms with Gasteiger partial charge in [-0.15, -0.1) is 0 Å². The van der Waals surface area contributed by atoms with E-state index in [1.54, 1.807) is 30.3 Å². The number of nitrogens with zero attached hydrogens (tertiary/aromatic N) is 2. The van der Waals surface area contributed by atoms with Crippen molar-refractivity contribution >= 4 is 15.9 Å². The summed E-state index contributed by atoms with van der Waals surface area (Å²) in [5.41, 5.74) is 1.79. The van der Waals surface area contributed by atoms with Gasteiger partial charge in [0.05, 0.1) is 22.9 Å². The van der Waals surface area contributed by atoms with Gasteiger partial charge in [-0.2, -0.15) is 5.26 Å². The Kier molecular flexibility index (Phi) is 5.31. The van der Waals surface area contributed by atoms with E-state index in [0.29, 0.717) is 11.1 Å². The molecule has 0 unspecified atom stereocenters. The molecular formula is C17H17N3O3S. The first-order valence-electron chi connectivity index (χ1n) is 7.30. The zero-order chi connectivity index (χ0) is 17.7. The molecule has 2 aromatic rings. The minimum absolute atomic E-state index is 0.175. The molecule has 0 fully saturated rings. The molecule has 0 bridgehead atoms. The number of pyridine rings is 1. The van der Waals surface area contributed by atoms with Crippen LogP contribution in [0.2, 0.25) is 0 Å². The van der Waals surface area contributed by atoms with Gasteiger partial charge < -0.3 is 0 Å². The lowest BCUT2D eigenvalue weighted by Crippen LogP contribution is -2.31. The van der Waals surface area contributed by atoms with Crippen LogP contribution in [-0.4, -0.2) is 19.3 Å². The SMILES string of the molecule is CC(C)c1ccc(C(=O)NS(=O)(=O)Cc2cccc(C#N)c2)cn1. The number of nitriles is 1. The zero-order valence-electron chi connectivity index (χ0n) is 13.4. The molecule has 1 amide bonds. The van der Waals surface area contributed by atoms with Crippen molar-refractivity contribution in [3.63, 3.8) is 0 Å². The van der Waals surface area contributed by atoms with Gasteiger partial charge >= 0.3 is 0 Å². The van der Waals surface area contributed by atoms with E-state index in [0.717, 1.165) is 5.69 Å². The van der Waals surface area contributed by atoms with Crippen molar-refractivity contribution in [2.75, 3.05) is 0 Å². The van der Waals surface area contributed by atoms with E-state index in [1.807, 2.05) is 24.6 Å². The largest absolute Gasteiger partial charge is 0.268 e. The van der Waals surface area contributed by atoms with Crippen molar-refractivity contribution in [2.24, 2.45) is 0 Å². The van der Waals surface area contributed by atoms with Gasteiger partial charge in [-0.25, -0.2) is 13.1 Å². The fraction of sp³-hybridized carbons (Fsp3) is 0.235. The number of carbonyl (C=O) groups is 1. The maximum Gasteiger partial charge on any atom is 0.266 e. The number of aromatic nitrogens is 1. The Morgan fingerprint density at radius 1 is 1.29 bits per heavy atom. The molecule has 7 heteroatoms. The van der Waals surface area contributed by atoms with Crippen LogP contribution in [0.5, 0.6) is 0 Å². The summed E-state index contributed by atoms with van der Waals surface area (Å²) >= 11 is 0. The van der Waals surface area contributed by atoms with Gasteiger partial charge in [0.15, 0.2) is 0 Å². The molecule has 6 nitrogen and oxygen atoms in total. The second kappa shape index (κ2) is 7.23. The summed E-state index contributed by atoms with van der Waals surface area (Å²) in [6.07, 6.45) is 1.36. The first-order valence-corrected chi connectivity index (χ1v) is 8.96. The van der Waals surface area contributed by atoms with Crippen LogP contribution >= 0.6 is 0 Å². The highest BCUT2D eigenvalue weighted by atomic mass is 32.2. The van der Waals surface area contributed by atoms with Crippen LogP contribution in [0.15, 0.2) is 42.6 Å². The summed E-state index contributed by atoms with van der Waals surface area (Å²) in [4.78, 5) is 16.2. The summed E-state index contributed by atoms with van der Waals surface area (Å²) in [6.45, 7) is 3.95. The molecule has 0 aliphatic heterocycles. The van der Waals surface area contributed by atoms with Gasteiger partial charge in [-0.3, -0.25) is 9.78 Å². The van der Waals surface area contributed by atoms with E-state index >= 15 is 0 Å². The number of rotatable bonds is 5. The van der Waals surface area contributed by atoms with Gasteiger partial charge in [-0.1, -0.05) is 26.0 Å². The van der Waals surface area contributed by atoms with E-state index in [1.165, 1.54) is 12.3 Å². The quantitative estimate of drug-likeness (QED) is 0.898. The minimum Gasteiger partial charge on any atom is -0.268 e. The summed E-state index contributed by atoms with van der Waals surface area (Å²) in [7, 11) is -3.87. The third-order valence-corrected chi connectivity index (χ3v) is 4.51. The molecule has 1 N–H and O–H groups in total. The summed E-state index contributed by atoms with van der Waals surface area (Å²) in [6, 6.07) is 11.4. The molecule has 1 heterocycles. The van der Waals surface area contributed by atoms with Crippen LogP contribution in [-0.2, 0) is 15.8 Å². The van der Waals surface area contributed by atoms with Gasteiger partial charge in [0.25, 0.3) is 5.91 Å². The number of carbonyl (C=O) groups excluding carboxylic acids is 1. The van der Waals surface area contributed by atoms with E-state index < -0.39 is 15.9 Å². The Balaban J connectivity index is 2.10. The van der Waals surface area contributed by atoms with Gasteiger partial charge in [-0.05, 0) is 35.7 Å². The first kappa shape index (κ1) is 17.6. The topological polar surface area (TPSA) is 99.9 Å². The van der Waals surface area contributed by atoms with Crippen molar-refractivity contribution in [2.45, 2.75) is 25.5 Å². The molecule has 24 heavy (non-hydrogen) atoms. The highest BCUT2D eigenvalue weighted by Crippen LogP contribution is 2.12. The summed E-state index contributed by atoms with van der Waals surface area (Å²) in [5.74, 6) is -0.890. The Labute approximate surface area is 141 Å². The Hall–Kier alpha value is -2.72. The van der Waals surface area contributed by atoms with E-state index in [-0.39, 0.29) is 17.2 Å². The standard InChI is InChI=1S/C17H17N3O3S/c1-12(2)16-7-6-15(10-19-16)17(21)20-24(22,23)11-14-5-3-4-13(8-14)9-18/h3-8,10,12H,11H2,1-2H3,(H,20,21). The molecule has 0 saturated heterocycles. The molecule has 0 aliphatic rings. The van der Waals surface area contributed by atoms with Crippen molar-refractivity contribution in [1.82, 2.24) is 9.71 Å². The second-order valence-electron chi connectivity index (χ2n) is 5.63. The lowest BCUT2D eigenvalue weighted by molar-refractivity contribution is 0.0981. The number of sulfonamides is 1. The normalized spacial score (nSPS) is 11.1. The molecule has 0 atom stereocenters. The fourth-order valence-electron chi connectivity index (χ4n) is 2.07. The smallest absolute Gasteiger partial charge is 0.266 e. The van der Waals surface area contributed by atoms with E-state index in [9.17, 15) is 13.2 Å². The number of benzene rings is 1. The number of nitrogens with one attached hydrogen (secondary N) is 1. The van der Waals surface area contributed by atoms with Crippen LogP contribution in [0, 0.1) is 11.3 Å². The molecule has 1 aromatic carbocycles. The van der Waals surface area contributed by atoms with Crippen molar-refractivity contribution in [3.8, 4) is 6.07 Å². The van der Waals surface area contributed by atoms with Crippen molar-refractivity contribution < 1.29 is 13.2 Å². The summed E-state index contributed by atoms with van der Waals surface area (Å²) in [5, 5.41) is 8.84. The van der Waals surface area contributed by atoms with Crippen LogP contribution in [0.4, 0.5) is 0 Å². The lowest BCUT2D eigenvalue weighted by atomic mass is 10.1. The van der Waals surface area contributed by atoms with Gasteiger partial charge in [0.2, 0.25) is 10.0 Å². The molecule has 0 aliphatic carbocycles. The monoisotopic (exact) mass is 343 g/mol. The molecule has 0 saturated carbocycles. The van der Waals surface area contributed by atoms with Crippen LogP contribution in [0.25, 0.3) is 0 Å². The highest BCUT2D eigenvalue weighted by Gasteiger charge is 2.17. The minimum atomic E-state index is -3.87. The van der Waals surface area contributed by atoms with Crippen LogP contribution in [0.3, 0.4) is 0 Å². The molecule has 0 spiro atoms. The summed E-state index contributed by atoms with van der Waals surface area (Å²) < 4.78 is 26.3. The number of amides is 1. The third-order valence-electron chi connectivity index (χ3n) is 3.30. The molecular weight excluding hydrogens is 326 g/mol. The van der Waals surface area contributed by atoms with Crippen LogP contribution in [0.1, 0.15) is 46.9 Å². The van der Waals surface area contributed by atoms with E-state index in [2.05, 4.69) is 4.98 Å². The highest BCUT2D eigenvalue weighted by molar-refractivity contribution is 7.89. The van der Waals surface area contributed by atoms with Crippen molar-refractivity contribution in [3.05, 3.63) is 65.0 Å². The Morgan fingerprint density at radius 3 is 2.62 bits per heavy atom. The van der Waals surface area contributed by atoms with Crippen LogP contribution < -0.4 is 4.72 Å². The predicted molar refractivity (Wildman–Crippen MR) is 89.6 cm³/mol. The molecule has 124 valence electrons. The van der Waals surface area contributed by atoms with Gasteiger partial charge in [0, 0.05) is 11.9 Å². The first-order chi connectivity index (χ1) is 11.3. The Morgan fingerprint density at radius 2 is 2.04 bits per heavy atom. The maximum absolute atomic E-state index is 12.1. The predicted octanol–water partition coefficient (Wildman–Crippen LogP) is 2.34. The average molecular weight is 343 g/mol. The maximum atomic E-state index is 12.1. The van der Waals surface area contributed by atoms with E-state index in [4.69, 9.17) is 5.26 Å². The molecule has 0 radical (unpaired) electrons. The lowest BCUT2D eigenvalue weighted by Gasteiger charge is -2.08. The molecule has 2 rings (SSSR count). The van der Waals surface area contributed by atoms with Crippen molar-refractivity contribution in [1.29, 1.82) is 5.26 Å². The van der Waals surface area contributed by atoms with Gasteiger partial charge in [0.1, 0.15) is 0 Å². The number of hydrogen-bond donors (Lipinski definition) is 1. The Bertz CT molecular complexity index is 882. The number of hydrogen-bond acceptors (Lipinski definition) is 5. The average Bonchev–Trinajstić information content (AvgIpc) is 2.54. The zero-order valence-corrected chi connectivity index (χ0v) is 14.2. The molecule has 1 aromatic heterocycles. The third kappa shape index (κ3) is 4.64. The second-order valence-corrected chi connectivity index (χ2v) is 7.35. The fourth-order valence-corrected chi connectivity index (χ4v) is 3.16.